The second-order valence-electron chi connectivity index (χ2n) is 5.54. The normalized spacial score (nSPS) is 11.9. The predicted octanol–water partition coefficient (Wildman–Crippen LogP) is 4.15. The number of hydrogen-bond donors (Lipinski definition) is 0. The Labute approximate surface area is 148 Å². The molecule has 1 aromatic carbocycles. The monoisotopic (exact) mass is 377 g/mol. The predicted molar refractivity (Wildman–Crippen MR) is 84.4 cm³/mol. The van der Waals surface area contributed by atoms with Gasteiger partial charge in [0.15, 0.2) is 5.69 Å². The van der Waals surface area contributed by atoms with E-state index < -0.39 is 23.5 Å². The van der Waals surface area contributed by atoms with Crippen LogP contribution >= 0.6 is 0 Å². The lowest BCUT2D eigenvalue weighted by Gasteiger charge is -2.08. The first kappa shape index (κ1) is 17.0. The van der Waals surface area contributed by atoms with Crippen LogP contribution in [0.2, 0.25) is 0 Å². The fourth-order valence-corrected chi connectivity index (χ4v) is 2.58. The van der Waals surface area contributed by atoms with Crippen LogP contribution in [-0.4, -0.2) is 24.6 Å². The molecule has 10 heteroatoms. The summed E-state index contributed by atoms with van der Waals surface area (Å²) in [7, 11) is 0. The minimum absolute atomic E-state index is 0.0453. The highest BCUT2D eigenvalue weighted by molar-refractivity contribution is 5.72. The number of alkyl halides is 3. The number of imidazole rings is 1. The molecule has 4 aromatic rings. The van der Waals surface area contributed by atoms with Crippen molar-refractivity contribution >= 4 is 5.78 Å². The maximum atomic E-state index is 14.2. The molecule has 0 N–H and O–H groups in total. The van der Waals surface area contributed by atoms with E-state index in [-0.39, 0.29) is 22.6 Å². The van der Waals surface area contributed by atoms with Crippen LogP contribution in [0.1, 0.15) is 5.69 Å². The third-order valence-electron chi connectivity index (χ3n) is 3.85. The Balaban J connectivity index is 1.85. The Morgan fingerprint density at radius 2 is 1.67 bits per heavy atom. The van der Waals surface area contributed by atoms with Crippen LogP contribution in [0.25, 0.3) is 28.2 Å². The van der Waals surface area contributed by atoms with Gasteiger partial charge in [-0.15, -0.1) is 0 Å². The first-order valence-corrected chi connectivity index (χ1v) is 7.52. The van der Waals surface area contributed by atoms with Crippen molar-refractivity contribution in [3.05, 3.63) is 66.4 Å². The van der Waals surface area contributed by atoms with Gasteiger partial charge >= 0.3 is 6.18 Å². The number of rotatable bonds is 2. The molecule has 0 unspecified atom stereocenters. The number of pyridine rings is 1. The second kappa shape index (κ2) is 6.08. The van der Waals surface area contributed by atoms with Gasteiger partial charge in [-0.3, -0.25) is 4.98 Å². The van der Waals surface area contributed by atoms with Gasteiger partial charge < -0.3 is 0 Å². The van der Waals surface area contributed by atoms with Gasteiger partial charge in [0.05, 0.1) is 18.1 Å². The highest BCUT2D eigenvalue weighted by Crippen LogP contribution is 2.31. The first-order valence-electron chi connectivity index (χ1n) is 7.52. The minimum atomic E-state index is -4.65. The van der Waals surface area contributed by atoms with E-state index >= 15 is 0 Å². The Morgan fingerprint density at radius 3 is 2.41 bits per heavy atom. The molecule has 0 bridgehead atoms. The zero-order chi connectivity index (χ0) is 19.2. The summed E-state index contributed by atoms with van der Waals surface area (Å²) < 4.78 is 67.5. The molecule has 0 fully saturated rings. The lowest BCUT2D eigenvalue weighted by molar-refractivity contribution is -0.141. The van der Waals surface area contributed by atoms with E-state index in [9.17, 15) is 22.0 Å². The molecule has 0 radical (unpaired) electrons. The molecule has 136 valence electrons. The Bertz CT molecular complexity index is 1150. The number of fused-ring (bicyclic) bond motifs is 1. The van der Waals surface area contributed by atoms with Crippen LogP contribution in [0.3, 0.4) is 0 Å². The molecule has 27 heavy (non-hydrogen) atoms. The number of nitrogens with zero attached hydrogens (tertiary/aromatic N) is 5. The van der Waals surface area contributed by atoms with Gasteiger partial charge in [-0.1, -0.05) is 0 Å². The summed E-state index contributed by atoms with van der Waals surface area (Å²) in [6.45, 7) is 0. The first-order chi connectivity index (χ1) is 12.8. The molecule has 5 nitrogen and oxygen atoms in total. The van der Waals surface area contributed by atoms with Crippen molar-refractivity contribution in [3.63, 3.8) is 0 Å². The molecule has 0 saturated heterocycles. The second-order valence-corrected chi connectivity index (χ2v) is 5.54. The lowest BCUT2D eigenvalue weighted by Crippen LogP contribution is -2.11. The fraction of sp³-hybridized carbons (Fsp3) is 0.0588. The molecule has 0 aliphatic carbocycles. The van der Waals surface area contributed by atoms with Crippen molar-refractivity contribution in [2.75, 3.05) is 0 Å². The van der Waals surface area contributed by atoms with Crippen molar-refractivity contribution in [3.8, 4) is 22.4 Å². The summed E-state index contributed by atoms with van der Waals surface area (Å²) in [5.74, 6) is -1.60. The van der Waals surface area contributed by atoms with Gasteiger partial charge in [0.25, 0.3) is 5.78 Å². The number of aromatic nitrogens is 5. The summed E-state index contributed by atoms with van der Waals surface area (Å²) in [5.41, 5.74) is -0.624. The molecular weight excluding hydrogens is 369 g/mol. The Morgan fingerprint density at radius 1 is 0.889 bits per heavy atom. The third kappa shape index (κ3) is 2.98. The number of benzene rings is 1. The molecule has 0 saturated carbocycles. The van der Waals surface area contributed by atoms with Crippen LogP contribution < -0.4 is 0 Å². The molecule has 3 heterocycles. The summed E-state index contributed by atoms with van der Waals surface area (Å²) in [5, 5.41) is 3.72. The molecule has 0 amide bonds. The summed E-state index contributed by atoms with van der Waals surface area (Å²) in [6, 6.07) is 4.95. The minimum Gasteiger partial charge on any atom is -0.264 e. The lowest BCUT2D eigenvalue weighted by atomic mass is 10.0. The third-order valence-corrected chi connectivity index (χ3v) is 3.85. The molecule has 0 aliphatic heterocycles. The van der Waals surface area contributed by atoms with Crippen molar-refractivity contribution < 1.29 is 22.0 Å². The largest absolute Gasteiger partial charge is 0.435 e. The highest BCUT2D eigenvalue weighted by Gasteiger charge is 2.33. The smallest absolute Gasteiger partial charge is 0.264 e. The van der Waals surface area contributed by atoms with E-state index in [4.69, 9.17) is 0 Å². The average Bonchev–Trinajstić information content (AvgIpc) is 3.05. The van der Waals surface area contributed by atoms with Gasteiger partial charge in [0.2, 0.25) is 0 Å². The van der Waals surface area contributed by atoms with Crippen molar-refractivity contribution in [1.82, 2.24) is 24.6 Å². The summed E-state index contributed by atoms with van der Waals surface area (Å²) >= 11 is 0. The molecule has 3 aromatic heterocycles. The molecule has 0 spiro atoms. The van der Waals surface area contributed by atoms with Crippen LogP contribution in [0.4, 0.5) is 22.0 Å². The average molecular weight is 377 g/mol. The summed E-state index contributed by atoms with van der Waals surface area (Å²) in [6.07, 6.45) is -0.405. The van der Waals surface area contributed by atoms with E-state index in [1.807, 2.05) is 0 Å². The zero-order valence-electron chi connectivity index (χ0n) is 13.2. The maximum absolute atomic E-state index is 14.2. The van der Waals surface area contributed by atoms with Crippen LogP contribution in [0.5, 0.6) is 0 Å². The van der Waals surface area contributed by atoms with E-state index in [0.717, 1.165) is 16.6 Å². The Kier molecular flexibility index (Phi) is 3.83. The van der Waals surface area contributed by atoms with Crippen LogP contribution in [-0.2, 0) is 6.18 Å². The van der Waals surface area contributed by atoms with Crippen LogP contribution in [0.15, 0.2) is 49.1 Å². The van der Waals surface area contributed by atoms with Gasteiger partial charge in [-0.2, -0.15) is 22.8 Å². The van der Waals surface area contributed by atoms with Gasteiger partial charge in [0.1, 0.15) is 11.6 Å². The summed E-state index contributed by atoms with van der Waals surface area (Å²) in [4.78, 5) is 11.0. The molecular formula is C17H8F5N5. The van der Waals surface area contributed by atoms with E-state index in [2.05, 4.69) is 20.1 Å². The van der Waals surface area contributed by atoms with Crippen molar-refractivity contribution in [2.45, 2.75) is 6.18 Å². The van der Waals surface area contributed by atoms with E-state index in [0.29, 0.717) is 11.8 Å². The quantitative estimate of drug-likeness (QED) is 0.493. The topological polar surface area (TPSA) is 56.0 Å². The SMILES string of the molecule is Fc1ccncc1-c1cc(-c2cnc3nc(C(F)(F)F)cnn23)ccc1F. The zero-order valence-corrected chi connectivity index (χ0v) is 13.2. The van der Waals surface area contributed by atoms with Gasteiger partial charge in [-0.05, 0) is 24.3 Å². The van der Waals surface area contributed by atoms with Gasteiger partial charge in [-0.25, -0.2) is 18.7 Å². The standard InChI is InChI=1S/C17H8F5N5/c18-12-2-1-9(5-10(12)11-6-23-4-3-13(11)19)14-7-24-16-26-15(17(20,21)22)8-25-27(14)16/h1-8H. The van der Waals surface area contributed by atoms with E-state index in [1.165, 1.54) is 30.7 Å². The highest BCUT2D eigenvalue weighted by atomic mass is 19.4. The van der Waals surface area contributed by atoms with Crippen molar-refractivity contribution in [2.24, 2.45) is 0 Å². The van der Waals surface area contributed by atoms with E-state index in [1.54, 1.807) is 0 Å². The Hall–Kier alpha value is -3.43. The molecule has 0 atom stereocenters. The van der Waals surface area contributed by atoms with Crippen LogP contribution in [0, 0.1) is 11.6 Å². The fourth-order valence-electron chi connectivity index (χ4n) is 2.58. The van der Waals surface area contributed by atoms with Crippen molar-refractivity contribution in [1.29, 1.82) is 0 Å². The maximum Gasteiger partial charge on any atom is 0.435 e. The van der Waals surface area contributed by atoms with Gasteiger partial charge in [0, 0.05) is 29.1 Å². The number of halogens is 5. The number of hydrogen-bond acceptors (Lipinski definition) is 4. The molecule has 4 rings (SSSR count). The molecule has 0 aliphatic rings.